The zero-order valence-corrected chi connectivity index (χ0v) is 8.91. The fourth-order valence-corrected chi connectivity index (χ4v) is 2.62. The summed E-state index contributed by atoms with van der Waals surface area (Å²) >= 11 is 0. The van der Waals surface area contributed by atoms with Gasteiger partial charge in [-0.15, -0.1) is 0 Å². The van der Waals surface area contributed by atoms with Crippen molar-refractivity contribution in [1.29, 1.82) is 0 Å². The summed E-state index contributed by atoms with van der Waals surface area (Å²) in [6.07, 6.45) is -3.67. The zero-order valence-electron chi connectivity index (χ0n) is 8.91. The van der Waals surface area contributed by atoms with Crippen LogP contribution in [0.3, 0.4) is 0 Å². The molecule has 1 saturated carbocycles. The lowest BCUT2D eigenvalue weighted by Crippen LogP contribution is -2.59. The van der Waals surface area contributed by atoms with Gasteiger partial charge in [0.25, 0.3) is 0 Å². The van der Waals surface area contributed by atoms with Crippen LogP contribution in [0.25, 0.3) is 0 Å². The smallest absolute Gasteiger partial charge is 0.375 e. The molecule has 3 nitrogen and oxygen atoms in total. The second-order valence-electron chi connectivity index (χ2n) is 4.41. The minimum Gasteiger partial charge on any atom is -0.375 e. The number of rotatable bonds is 1. The summed E-state index contributed by atoms with van der Waals surface area (Å²) in [4.78, 5) is 1.15. The van der Waals surface area contributed by atoms with E-state index in [2.05, 4.69) is 0 Å². The fourth-order valence-electron chi connectivity index (χ4n) is 2.62. The number of aliphatic hydroxyl groups excluding tert-OH is 1. The molecule has 2 fully saturated rings. The SMILES string of the molecule is OC(N1CCOC2CCCCC21)C(F)(F)F. The molecular formula is C10H16F3NO2. The van der Waals surface area contributed by atoms with E-state index >= 15 is 0 Å². The Balaban J connectivity index is 2.07. The van der Waals surface area contributed by atoms with E-state index in [1.54, 1.807) is 0 Å². The van der Waals surface area contributed by atoms with Crippen LogP contribution in [0.4, 0.5) is 13.2 Å². The summed E-state index contributed by atoms with van der Waals surface area (Å²) in [5, 5.41) is 9.29. The standard InChI is InChI=1S/C10H16F3NO2/c11-10(12,13)9(15)14-5-6-16-8-4-2-1-3-7(8)14/h7-9,15H,1-6H2. The maximum atomic E-state index is 12.5. The Bertz CT molecular complexity index is 245. The van der Waals surface area contributed by atoms with Gasteiger partial charge in [0, 0.05) is 12.6 Å². The van der Waals surface area contributed by atoms with Crippen molar-refractivity contribution in [1.82, 2.24) is 4.90 Å². The predicted octanol–water partition coefficient (Wildman–Crippen LogP) is 1.51. The molecule has 1 N–H and O–H groups in total. The van der Waals surface area contributed by atoms with Crippen LogP contribution >= 0.6 is 0 Å². The summed E-state index contributed by atoms with van der Waals surface area (Å²) < 4.78 is 42.8. The van der Waals surface area contributed by atoms with Gasteiger partial charge in [0.15, 0.2) is 0 Å². The van der Waals surface area contributed by atoms with Crippen molar-refractivity contribution < 1.29 is 23.0 Å². The molecule has 3 atom stereocenters. The highest BCUT2D eigenvalue weighted by Crippen LogP contribution is 2.33. The van der Waals surface area contributed by atoms with Crippen LogP contribution < -0.4 is 0 Å². The number of halogens is 3. The third-order valence-corrected chi connectivity index (χ3v) is 3.38. The summed E-state index contributed by atoms with van der Waals surface area (Å²) in [5.74, 6) is 0. The Morgan fingerprint density at radius 2 is 1.94 bits per heavy atom. The van der Waals surface area contributed by atoms with Gasteiger partial charge in [0.2, 0.25) is 6.23 Å². The summed E-state index contributed by atoms with van der Waals surface area (Å²) in [7, 11) is 0. The molecule has 0 aromatic carbocycles. The Hall–Kier alpha value is -0.330. The number of aliphatic hydroxyl groups is 1. The van der Waals surface area contributed by atoms with Gasteiger partial charge in [-0.3, -0.25) is 4.90 Å². The Labute approximate surface area is 92.2 Å². The molecule has 0 aromatic rings. The van der Waals surface area contributed by atoms with Crippen molar-refractivity contribution in [3.63, 3.8) is 0 Å². The van der Waals surface area contributed by atoms with E-state index in [9.17, 15) is 18.3 Å². The molecule has 2 aliphatic rings. The third-order valence-electron chi connectivity index (χ3n) is 3.38. The highest BCUT2D eigenvalue weighted by molar-refractivity contribution is 4.89. The predicted molar refractivity (Wildman–Crippen MR) is 50.8 cm³/mol. The minimum absolute atomic E-state index is 0.139. The first kappa shape index (κ1) is 12.1. The summed E-state index contributed by atoms with van der Waals surface area (Å²) in [6.45, 7) is 0.427. The molecule has 0 radical (unpaired) electrons. The average Bonchev–Trinajstić information content (AvgIpc) is 2.26. The summed E-state index contributed by atoms with van der Waals surface area (Å²) in [6, 6.07) is -0.279. The molecule has 6 heteroatoms. The van der Waals surface area contributed by atoms with E-state index in [1.165, 1.54) is 0 Å². The Morgan fingerprint density at radius 3 is 2.62 bits per heavy atom. The Morgan fingerprint density at radius 1 is 1.25 bits per heavy atom. The lowest BCUT2D eigenvalue weighted by atomic mass is 9.90. The van der Waals surface area contributed by atoms with E-state index in [1.807, 2.05) is 0 Å². The minimum atomic E-state index is -4.57. The molecule has 16 heavy (non-hydrogen) atoms. The molecule has 0 spiro atoms. The maximum absolute atomic E-state index is 12.5. The van der Waals surface area contributed by atoms with Crippen molar-refractivity contribution in [2.24, 2.45) is 0 Å². The van der Waals surface area contributed by atoms with E-state index in [0.29, 0.717) is 6.42 Å². The number of alkyl halides is 3. The van der Waals surface area contributed by atoms with Crippen LogP contribution in [0.15, 0.2) is 0 Å². The first-order chi connectivity index (χ1) is 7.50. The highest BCUT2D eigenvalue weighted by atomic mass is 19.4. The Kier molecular flexibility index (Phi) is 3.42. The van der Waals surface area contributed by atoms with E-state index in [-0.39, 0.29) is 25.3 Å². The molecule has 0 aromatic heterocycles. The number of fused-ring (bicyclic) bond motifs is 1. The van der Waals surface area contributed by atoms with Gasteiger partial charge >= 0.3 is 6.18 Å². The molecule has 94 valence electrons. The molecule has 3 unspecified atom stereocenters. The van der Waals surface area contributed by atoms with E-state index in [4.69, 9.17) is 4.74 Å². The van der Waals surface area contributed by atoms with Crippen molar-refractivity contribution in [2.45, 2.75) is 50.2 Å². The fraction of sp³-hybridized carbons (Fsp3) is 1.00. The molecular weight excluding hydrogens is 223 g/mol. The van der Waals surface area contributed by atoms with E-state index < -0.39 is 12.4 Å². The number of hydrogen-bond donors (Lipinski definition) is 1. The van der Waals surface area contributed by atoms with Crippen molar-refractivity contribution >= 4 is 0 Å². The van der Waals surface area contributed by atoms with Crippen LogP contribution in [0.1, 0.15) is 25.7 Å². The number of nitrogens with zero attached hydrogens (tertiary/aromatic N) is 1. The lowest BCUT2D eigenvalue weighted by Gasteiger charge is -2.45. The van der Waals surface area contributed by atoms with E-state index in [0.717, 1.165) is 24.2 Å². The van der Waals surface area contributed by atoms with Gasteiger partial charge in [-0.2, -0.15) is 13.2 Å². The second kappa shape index (κ2) is 4.50. The van der Waals surface area contributed by atoms with Gasteiger partial charge in [-0.1, -0.05) is 12.8 Å². The lowest BCUT2D eigenvalue weighted by molar-refractivity contribution is -0.274. The third kappa shape index (κ3) is 2.33. The van der Waals surface area contributed by atoms with Gasteiger partial charge < -0.3 is 9.84 Å². The van der Waals surface area contributed by atoms with Gasteiger partial charge in [0.1, 0.15) is 0 Å². The highest BCUT2D eigenvalue weighted by Gasteiger charge is 2.48. The van der Waals surface area contributed by atoms with Crippen LogP contribution in [0.5, 0.6) is 0 Å². The van der Waals surface area contributed by atoms with Crippen molar-refractivity contribution in [3.05, 3.63) is 0 Å². The first-order valence-corrected chi connectivity index (χ1v) is 5.62. The second-order valence-corrected chi connectivity index (χ2v) is 4.41. The summed E-state index contributed by atoms with van der Waals surface area (Å²) in [5.41, 5.74) is 0. The van der Waals surface area contributed by atoms with Crippen LogP contribution in [-0.4, -0.2) is 47.7 Å². The molecule has 1 aliphatic heterocycles. The van der Waals surface area contributed by atoms with Gasteiger partial charge in [-0.05, 0) is 12.8 Å². The quantitative estimate of drug-likeness (QED) is 0.753. The van der Waals surface area contributed by atoms with Crippen molar-refractivity contribution in [3.8, 4) is 0 Å². The molecule has 1 heterocycles. The van der Waals surface area contributed by atoms with Gasteiger partial charge in [-0.25, -0.2) is 0 Å². The average molecular weight is 239 g/mol. The van der Waals surface area contributed by atoms with Gasteiger partial charge in [0.05, 0.1) is 12.7 Å². The largest absolute Gasteiger partial charge is 0.428 e. The first-order valence-electron chi connectivity index (χ1n) is 5.62. The molecule has 0 bridgehead atoms. The zero-order chi connectivity index (χ0) is 11.8. The maximum Gasteiger partial charge on any atom is 0.428 e. The van der Waals surface area contributed by atoms with Crippen molar-refractivity contribution in [2.75, 3.05) is 13.2 Å². The molecule has 2 rings (SSSR count). The monoisotopic (exact) mass is 239 g/mol. The topological polar surface area (TPSA) is 32.7 Å². The molecule has 0 amide bonds. The number of hydrogen-bond acceptors (Lipinski definition) is 3. The number of morpholine rings is 1. The molecule has 1 saturated heterocycles. The van der Waals surface area contributed by atoms with Crippen LogP contribution in [-0.2, 0) is 4.74 Å². The normalized spacial score (nSPS) is 34.5. The van der Waals surface area contributed by atoms with Crippen LogP contribution in [0, 0.1) is 0 Å². The molecule has 1 aliphatic carbocycles. The van der Waals surface area contributed by atoms with Crippen LogP contribution in [0.2, 0.25) is 0 Å². The number of ether oxygens (including phenoxy) is 1.